The van der Waals surface area contributed by atoms with Gasteiger partial charge in [-0.2, -0.15) is 8.78 Å². The highest BCUT2D eigenvalue weighted by atomic mass is 31.2. The number of ether oxygens (including phenoxy) is 4. The summed E-state index contributed by atoms with van der Waals surface area (Å²) in [6.07, 6.45) is -0.485. The molecule has 0 N–H and O–H groups in total. The molecular formula is C21H38BF2O8P. The van der Waals surface area contributed by atoms with Crippen molar-refractivity contribution in [2.24, 2.45) is 0 Å². The predicted molar refractivity (Wildman–Crippen MR) is 120 cm³/mol. The van der Waals surface area contributed by atoms with Gasteiger partial charge in [-0.1, -0.05) is 26.7 Å². The smallest absolute Gasteiger partial charge is 0.399 e. The lowest BCUT2D eigenvalue weighted by Gasteiger charge is -2.38. The molecule has 33 heavy (non-hydrogen) atoms. The minimum Gasteiger partial charge on any atom is -0.458 e. The van der Waals surface area contributed by atoms with Crippen molar-refractivity contribution in [2.75, 3.05) is 33.0 Å². The fraction of sp³-hybridized carbons (Fsp3) is 0.952. The molecule has 1 unspecified atom stereocenters. The van der Waals surface area contributed by atoms with Crippen LogP contribution in [0.15, 0.2) is 0 Å². The highest BCUT2D eigenvalue weighted by Gasteiger charge is 2.65. The molecule has 1 rings (SSSR count). The molecule has 0 saturated carbocycles. The summed E-state index contributed by atoms with van der Waals surface area (Å²) in [5, 5.41) is 0. The fourth-order valence-corrected chi connectivity index (χ4v) is 5.22. The van der Waals surface area contributed by atoms with E-state index in [4.69, 9.17) is 35.8 Å². The second-order valence-electron chi connectivity index (χ2n) is 7.95. The van der Waals surface area contributed by atoms with Gasteiger partial charge in [-0.3, -0.25) is 9.36 Å². The van der Waals surface area contributed by atoms with Gasteiger partial charge in [0.2, 0.25) is 0 Å². The van der Waals surface area contributed by atoms with Crippen molar-refractivity contribution in [3.63, 3.8) is 0 Å². The summed E-state index contributed by atoms with van der Waals surface area (Å²) in [5.74, 6) is -0.660. The summed E-state index contributed by atoms with van der Waals surface area (Å²) in [6, 6.07) is -1.25. The van der Waals surface area contributed by atoms with Crippen LogP contribution in [0.3, 0.4) is 0 Å². The Balaban J connectivity index is 3.39. The molecule has 1 aliphatic rings. The molecule has 0 spiro atoms. The van der Waals surface area contributed by atoms with E-state index in [2.05, 4.69) is 0 Å². The van der Waals surface area contributed by atoms with E-state index >= 15 is 8.78 Å². The number of hydrogen-bond acceptors (Lipinski definition) is 8. The monoisotopic (exact) mass is 498 g/mol. The van der Waals surface area contributed by atoms with E-state index in [1.165, 1.54) is 20.8 Å². The summed E-state index contributed by atoms with van der Waals surface area (Å²) >= 11 is 0. The maximum absolute atomic E-state index is 15.5. The van der Waals surface area contributed by atoms with E-state index in [-0.39, 0.29) is 33.0 Å². The third-order valence-electron chi connectivity index (χ3n) is 5.11. The largest absolute Gasteiger partial charge is 0.458 e. The molecular weight excluding hydrogens is 460 g/mol. The normalized spacial score (nSPS) is 26.0. The Morgan fingerprint density at radius 1 is 1.09 bits per heavy atom. The number of carbonyl (C=O) groups is 1. The van der Waals surface area contributed by atoms with Gasteiger partial charge in [-0.15, -0.1) is 0 Å². The molecule has 1 fully saturated rings. The molecule has 192 valence electrons. The van der Waals surface area contributed by atoms with Gasteiger partial charge >= 0.3 is 19.2 Å². The predicted octanol–water partition coefficient (Wildman–Crippen LogP) is 4.43. The van der Waals surface area contributed by atoms with Crippen LogP contribution in [0.25, 0.3) is 0 Å². The quantitative estimate of drug-likeness (QED) is 0.126. The maximum Gasteiger partial charge on any atom is 0.399 e. The topological polar surface area (TPSA) is 89.5 Å². The van der Waals surface area contributed by atoms with Crippen LogP contribution in [0.4, 0.5) is 8.78 Å². The van der Waals surface area contributed by atoms with Crippen LogP contribution < -0.4 is 0 Å². The van der Waals surface area contributed by atoms with Crippen molar-refractivity contribution in [3.05, 3.63) is 0 Å². The van der Waals surface area contributed by atoms with Gasteiger partial charge in [0.1, 0.15) is 25.7 Å². The Morgan fingerprint density at radius 3 is 2.18 bits per heavy atom. The van der Waals surface area contributed by atoms with Gasteiger partial charge in [-0.25, -0.2) is 0 Å². The van der Waals surface area contributed by atoms with Gasteiger partial charge in [-0.05, 0) is 26.7 Å². The minimum atomic E-state index is -4.86. The standard InChI is InChI=1S/C21H38BF2O8P/c1-6-10-12-27-15-20(14-21(23,24)33(26,29-8-3)30-9-4)18(28-13-11-7-2)17(19(22)32-20)31-16(5)25/h17-19H,6-15H2,1-5H3/t17-,18?,19+,20-/m0/s1. The molecule has 0 amide bonds. The van der Waals surface area contributed by atoms with Crippen LogP contribution in [0.5, 0.6) is 0 Å². The molecule has 0 aromatic carbocycles. The minimum absolute atomic E-state index is 0.200. The summed E-state index contributed by atoms with van der Waals surface area (Å²) in [6.45, 7) is 7.66. The number of halogens is 2. The SMILES string of the molecule is [B][C@@H]1O[C@](COCCCC)(CC(F)(F)P(=O)(OCC)OCC)C(OCCCC)[C@@H]1OC(C)=O. The van der Waals surface area contributed by atoms with Crippen LogP contribution in [-0.2, 0) is 37.4 Å². The van der Waals surface area contributed by atoms with E-state index in [9.17, 15) is 9.36 Å². The fourth-order valence-electron chi connectivity index (χ4n) is 3.62. The third-order valence-corrected chi connectivity index (χ3v) is 7.26. The Bertz CT molecular complexity index is 631. The van der Waals surface area contributed by atoms with Crippen molar-refractivity contribution in [3.8, 4) is 0 Å². The highest BCUT2D eigenvalue weighted by molar-refractivity contribution is 7.55. The number of esters is 1. The molecule has 0 aromatic heterocycles. The Morgan fingerprint density at radius 2 is 1.67 bits per heavy atom. The molecule has 1 heterocycles. The average Bonchev–Trinajstić information content (AvgIpc) is 2.96. The van der Waals surface area contributed by atoms with Crippen molar-refractivity contribution in [2.45, 2.75) is 96.2 Å². The zero-order chi connectivity index (χ0) is 25.1. The lowest BCUT2D eigenvalue weighted by molar-refractivity contribution is -0.170. The summed E-state index contributed by atoms with van der Waals surface area (Å²) in [7, 11) is 1.20. The zero-order valence-corrected chi connectivity index (χ0v) is 21.2. The van der Waals surface area contributed by atoms with E-state index in [0.29, 0.717) is 12.8 Å². The molecule has 12 heteroatoms. The van der Waals surface area contributed by atoms with Crippen LogP contribution in [0.2, 0.25) is 0 Å². The molecule has 0 aromatic rings. The van der Waals surface area contributed by atoms with Crippen LogP contribution in [-0.4, -0.2) is 76.3 Å². The molecule has 0 aliphatic carbocycles. The number of carbonyl (C=O) groups excluding carboxylic acids is 1. The number of unbranched alkanes of at least 4 members (excludes halogenated alkanes) is 2. The van der Waals surface area contributed by atoms with Crippen LogP contribution >= 0.6 is 7.60 Å². The van der Waals surface area contributed by atoms with E-state index < -0.39 is 49.5 Å². The maximum atomic E-state index is 15.5. The Hall–Kier alpha value is -0.575. The zero-order valence-electron chi connectivity index (χ0n) is 20.3. The number of rotatable bonds is 17. The van der Waals surface area contributed by atoms with E-state index in [0.717, 1.165) is 12.8 Å². The Kier molecular flexibility index (Phi) is 13.0. The first-order valence-electron chi connectivity index (χ1n) is 11.6. The molecule has 8 nitrogen and oxygen atoms in total. The van der Waals surface area contributed by atoms with Gasteiger partial charge in [0, 0.05) is 20.1 Å². The van der Waals surface area contributed by atoms with Gasteiger partial charge < -0.3 is 28.0 Å². The van der Waals surface area contributed by atoms with Gasteiger partial charge in [0.05, 0.1) is 32.2 Å². The highest BCUT2D eigenvalue weighted by Crippen LogP contribution is 2.65. The average molecular weight is 498 g/mol. The lowest BCUT2D eigenvalue weighted by atomic mass is 9.87. The lowest BCUT2D eigenvalue weighted by Crippen LogP contribution is -2.52. The molecule has 4 atom stereocenters. The molecule has 1 saturated heterocycles. The summed E-state index contributed by atoms with van der Waals surface area (Å²) < 4.78 is 76.6. The number of hydrogen-bond donors (Lipinski definition) is 0. The van der Waals surface area contributed by atoms with Crippen molar-refractivity contribution in [1.29, 1.82) is 0 Å². The van der Waals surface area contributed by atoms with Crippen LogP contribution in [0, 0.1) is 0 Å². The number of alkyl halides is 2. The molecule has 2 radical (unpaired) electrons. The van der Waals surface area contributed by atoms with Crippen LogP contribution in [0.1, 0.15) is 66.7 Å². The first kappa shape index (κ1) is 30.5. The van der Waals surface area contributed by atoms with E-state index in [1.807, 2.05) is 13.8 Å². The summed E-state index contributed by atoms with van der Waals surface area (Å²) in [4.78, 5) is 11.7. The van der Waals surface area contributed by atoms with Crippen molar-refractivity contribution < 1.29 is 46.1 Å². The van der Waals surface area contributed by atoms with Crippen molar-refractivity contribution >= 4 is 21.4 Å². The van der Waals surface area contributed by atoms with Crippen molar-refractivity contribution in [1.82, 2.24) is 0 Å². The third kappa shape index (κ3) is 8.25. The second kappa shape index (κ2) is 14.1. The van der Waals surface area contributed by atoms with E-state index in [1.54, 1.807) is 0 Å². The first-order chi connectivity index (χ1) is 15.5. The molecule has 1 aliphatic heterocycles. The van der Waals surface area contributed by atoms with Gasteiger partial charge in [0.15, 0.2) is 0 Å². The Labute approximate surface area is 197 Å². The summed E-state index contributed by atoms with van der Waals surface area (Å²) in [5.41, 5.74) is -5.81. The second-order valence-corrected chi connectivity index (χ2v) is 10.1. The van der Waals surface area contributed by atoms with Gasteiger partial charge in [0.25, 0.3) is 0 Å². The first-order valence-corrected chi connectivity index (χ1v) is 13.1. The molecule has 0 bridgehead atoms.